The second-order valence-corrected chi connectivity index (χ2v) is 7.36. The van der Waals surface area contributed by atoms with Crippen LogP contribution in [0.3, 0.4) is 0 Å². The molecular formula is C18H28N2O10. The molecule has 0 bridgehead atoms. The Bertz CT molecular complexity index is 618. The zero-order valence-corrected chi connectivity index (χ0v) is 15.9. The zero-order valence-electron chi connectivity index (χ0n) is 15.9. The minimum absolute atomic E-state index is 0.485. The van der Waals surface area contributed by atoms with Crippen LogP contribution in [0.2, 0.25) is 0 Å². The lowest BCUT2D eigenvalue weighted by Crippen LogP contribution is -2.60. The van der Waals surface area contributed by atoms with Gasteiger partial charge in [0.1, 0.15) is 48.8 Å². The van der Waals surface area contributed by atoms with Crippen LogP contribution >= 0.6 is 0 Å². The molecule has 1 aromatic rings. The molecule has 0 radical (unpaired) electrons. The second-order valence-electron chi connectivity index (χ2n) is 7.36. The molecule has 0 amide bonds. The Morgan fingerprint density at radius 1 is 0.567 bits per heavy atom. The van der Waals surface area contributed by atoms with E-state index in [1.165, 1.54) is 0 Å². The van der Waals surface area contributed by atoms with E-state index in [1.54, 1.807) is 24.3 Å². The number of anilines is 2. The van der Waals surface area contributed by atoms with Crippen molar-refractivity contribution in [3.63, 3.8) is 0 Å². The summed E-state index contributed by atoms with van der Waals surface area (Å²) in [7, 11) is 0. The van der Waals surface area contributed by atoms with Gasteiger partial charge in [-0.25, -0.2) is 0 Å². The Kier molecular flexibility index (Phi) is 7.47. The van der Waals surface area contributed by atoms with Crippen molar-refractivity contribution in [3.8, 4) is 0 Å². The lowest BCUT2D eigenvalue weighted by atomic mass is 9.98. The topological polar surface area (TPSA) is 204 Å². The lowest BCUT2D eigenvalue weighted by molar-refractivity contribution is -0.221. The van der Waals surface area contributed by atoms with Gasteiger partial charge in [0.2, 0.25) is 0 Å². The first-order valence-electron chi connectivity index (χ1n) is 9.51. The number of nitrogens with one attached hydrogen (secondary N) is 2. The molecule has 2 aliphatic heterocycles. The van der Waals surface area contributed by atoms with E-state index in [0.717, 1.165) is 0 Å². The number of benzene rings is 1. The molecule has 170 valence electrons. The van der Waals surface area contributed by atoms with Gasteiger partial charge >= 0.3 is 0 Å². The smallest absolute Gasteiger partial charge is 0.157 e. The number of rotatable bonds is 6. The molecule has 0 aliphatic carbocycles. The van der Waals surface area contributed by atoms with Crippen LogP contribution in [0.1, 0.15) is 0 Å². The van der Waals surface area contributed by atoms with E-state index >= 15 is 0 Å². The highest BCUT2D eigenvalue weighted by molar-refractivity contribution is 5.54. The molecular weight excluding hydrogens is 404 g/mol. The van der Waals surface area contributed by atoms with Gasteiger partial charge in [-0.15, -0.1) is 0 Å². The van der Waals surface area contributed by atoms with Crippen molar-refractivity contribution in [3.05, 3.63) is 24.3 Å². The number of hydrogen-bond acceptors (Lipinski definition) is 12. The minimum Gasteiger partial charge on any atom is -0.394 e. The second kappa shape index (κ2) is 9.70. The fraction of sp³-hybridized carbons (Fsp3) is 0.667. The van der Waals surface area contributed by atoms with E-state index in [4.69, 9.17) is 9.47 Å². The van der Waals surface area contributed by atoms with Crippen molar-refractivity contribution in [2.24, 2.45) is 0 Å². The molecule has 0 aromatic heterocycles. The van der Waals surface area contributed by atoms with Crippen LogP contribution in [-0.2, 0) is 9.47 Å². The van der Waals surface area contributed by atoms with Crippen molar-refractivity contribution in [1.29, 1.82) is 0 Å². The standard InChI is InChI=1S/C18H28N2O10/c21-5-9-11(23)13(25)15(27)17(29-9)19-7-1-2-8(4-3-7)20-18-16(28)14(26)12(24)10(6-22)30-18/h1-4,9-28H,5-6H2/t9-,10+,11+,12-,13-,14-,15+,16-,17-,18+/m0/s1. The van der Waals surface area contributed by atoms with E-state index < -0.39 is 74.5 Å². The predicted molar refractivity (Wildman–Crippen MR) is 101 cm³/mol. The third kappa shape index (κ3) is 4.68. The summed E-state index contributed by atoms with van der Waals surface area (Å²) in [4.78, 5) is 0. The van der Waals surface area contributed by atoms with Gasteiger partial charge in [0.05, 0.1) is 13.2 Å². The quantitative estimate of drug-likeness (QED) is 0.210. The maximum atomic E-state index is 10.1. The summed E-state index contributed by atoms with van der Waals surface area (Å²) in [6.45, 7) is -1.07. The maximum absolute atomic E-state index is 10.1. The van der Waals surface area contributed by atoms with Crippen molar-refractivity contribution >= 4 is 11.4 Å². The fourth-order valence-electron chi connectivity index (χ4n) is 3.43. The van der Waals surface area contributed by atoms with Crippen LogP contribution in [0.4, 0.5) is 11.4 Å². The van der Waals surface area contributed by atoms with E-state index in [0.29, 0.717) is 11.4 Å². The maximum Gasteiger partial charge on any atom is 0.157 e. The molecule has 10 N–H and O–H groups in total. The summed E-state index contributed by atoms with van der Waals surface area (Å²) in [5.41, 5.74) is 0.970. The first kappa shape index (κ1) is 23.1. The molecule has 12 nitrogen and oxygen atoms in total. The lowest BCUT2D eigenvalue weighted by Gasteiger charge is -2.40. The van der Waals surface area contributed by atoms with E-state index in [2.05, 4.69) is 10.6 Å². The molecule has 30 heavy (non-hydrogen) atoms. The Balaban J connectivity index is 1.62. The van der Waals surface area contributed by atoms with Gasteiger partial charge in [-0.05, 0) is 24.3 Å². The minimum atomic E-state index is -1.50. The third-order valence-corrected chi connectivity index (χ3v) is 5.29. The van der Waals surface area contributed by atoms with Crippen LogP contribution in [0, 0.1) is 0 Å². The van der Waals surface area contributed by atoms with Gasteiger partial charge in [-0.1, -0.05) is 0 Å². The average molecular weight is 432 g/mol. The molecule has 0 unspecified atom stereocenters. The highest BCUT2D eigenvalue weighted by Crippen LogP contribution is 2.26. The van der Waals surface area contributed by atoms with Crippen molar-refractivity contribution in [2.75, 3.05) is 23.8 Å². The van der Waals surface area contributed by atoms with Crippen LogP contribution < -0.4 is 10.6 Å². The summed E-state index contributed by atoms with van der Waals surface area (Å²) < 4.78 is 10.8. The van der Waals surface area contributed by atoms with Gasteiger partial charge in [0, 0.05) is 11.4 Å². The average Bonchev–Trinajstić information content (AvgIpc) is 2.75. The van der Waals surface area contributed by atoms with Crippen molar-refractivity contribution < 1.29 is 50.3 Å². The molecule has 1 aromatic carbocycles. The molecule has 12 heteroatoms. The van der Waals surface area contributed by atoms with E-state index in [1.807, 2.05) is 0 Å². The molecule has 2 saturated heterocycles. The van der Waals surface area contributed by atoms with Crippen LogP contribution in [0.15, 0.2) is 24.3 Å². The summed E-state index contributed by atoms with van der Waals surface area (Å²) in [6.07, 6.45) is -13.0. The molecule has 0 spiro atoms. The van der Waals surface area contributed by atoms with E-state index in [-0.39, 0.29) is 0 Å². The molecule has 3 rings (SSSR count). The van der Waals surface area contributed by atoms with E-state index in [9.17, 15) is 40.9 Å². The largest absolute Gasteiger partial charge is 0.394 e. The first-order valence-corrected chi connectivity index (χ1v) is 9.51. The monoisotopic (exact) mass is 432 g/mol. The van der Waals surface area contributed by atoms with Gasteiger partial charge in [0.25, 0.3) is 0 Å². The molecule has 2 aliphatic rings. The Hall–Kier alpha value is -1.58. The molecule has 0 saturated carbocycles. The highest BCUT2D eigenvalue weighted by atomic mass is 16.6. The Morgan fingerprint density at radius 3 is 1.20 bits per heavy atom. The number of aliphatic hydroxyl groups excluding tert-OH is 8. The van der Waals surface area contributed by atoms with Gasteiger partial charge in [0.15, 0.2) is 12.5 Å². The molecule has 10 atom stereocenters. The Morgan fingerprint density at radius 2 is 0.900 bits per heavy atom. The van der Waals surface area contributed by atoms with Gasteiger partial charge in [-0.3, -0.25) is 0 Å². The SMILES string of the molecule is OC[C@@H]1O[C@H](Nc2ccc(N[C@@H]3O[C@H](CO)[C@H](O)[C@H](O)[C@@H]3O)cc2)[C@H](O)[C@@H](O)[C@@H]1O. The number of ether oxygens (including phenoxy) is 2. The predicted octanol–water partition coefficient (Wildman–Crippen LogP) is -3.89. The summed E-state index contributed by atoms with van der Waals surface area (Å²) >= 11 is 0. The number of aliphatic hydroxyl groups is 8. The third-order valence-electron chi connectivity index (χ3n) is 5.29. The first-order chi connectivity index (χ1) is 14.3. The van der Waals surface area contributed by atoms with Gasteiger partial charge in [-0.2, -0.15) is 0 Å². The summed E-state index contributed by atoms with van der Waals surface area (Å²) in [5, 5.41) is 83.6. The summed E-state index contributed by atoms with van der Waals surface area (Å²) in [5.74, 6) is 0. The molecule has 2 heterocycles. The van der Waals surface area contributed by atoms with Crippen LogP contribution in [0.25, 0.3) is 0 Å². The molecule has 2 fully saturated rings. The zero-order chi connectivity index (χ0) is 22.0. The van der Waals surface area contributed by atoms with Crippen LogP contribution in [-0.4, -0.2) is 115 Å². The number of hydrogen-bond donors (Lipinski definition) is 10. The highest BCUT2D eigenvalue weighted by Gasteiger charge is 2.44. The van der Waals surface area contributed by atoms with Crippen LogP contribution in [0.5, 0.6) is 0 Å². The Labute approximate surface area is 171 Å². The van der Waals surface area contributed by atoms with Gasteiger partial charge < -0.3 is 61.0 Å². The van der Waals surface area contributed by atoms with Crippen molar-refractivity contribution in [2.45, 2.75) is 61.3 Å². The normalized spacial score (nSPS) is 42.0. The fourth-order valence-corrected chi connectivity index (χ4v) is 3.43. The van der Waals surface area contributed by atoms with Crippen molar-refractivity contribution in [1.82, 2.24) is 0 Å². The summed E-state index contributed by atoms with van der Waals surface area (Å²) in [6, 6.07) is 6.36.